The molecule has 0 aliphatic carbocycles. The Hall–Kier alpha value is -2.17. The molecule has 0 saturated heterocycles. The minimum atomic E-state index is -0.0386. The summed E-state index contributed by atoms with van der Waals surface area (Å²) < 4.78 is 0. The van der Waals surface area contributed by atoms with Gasteiger partial charge in [0.2, 0.25) is 5.91 Å². The predicted molar refractivity (Wildman–Crippen MR) is 101 cm³/mol. The third-order valence-electron chi connectivity index (χ3n) is 3.62. The number of carbonyl (C=O) groups is 1. The molecular formula is C19H17ClN2OS. The van der Waals surface area contributed by atoms with Gasteiger partial charge in [-0.3, -0.25) is 4.79 Å². The van der Waals surface area contributed by atoms with Crippen LogP contribution in [0.1, 0.15) is 16.9 Å². The first-order valence-corrected chi connectivity index (χ1v) is 8.88. The van der Waals surface area contributed by atoms with E-state index in [-0.39, 0.29) is 5.91 Å². The van der Waals surface area contributed by atoms with E-state index in [1.54, 1.807) is 0 Å². The monoisotopic (exact) mass is 356 g/mol. The van der Waals surface area contributed by atoms with Crippen molar-refractivity contribution in [2.24, 2.45) is 0 Å². The Bertz CT molecular complexity index is 846. The molecule has 0 aliphatic heterocycles. The number of aryl methyl sites for hydroxylation is 2. The summed E-state index contributed by atoms with van der Waals surface area (Å²) >= 11 is 7.46. The Morgan fingerprint density at radius 1 is 1.17 bits per heavy atom. The Balaban J connectivity index is 1.63. The maximum absolute atomic E-state index is 12.2. The van der Waals surface area contributed by atoms with Gasteiger partial charge in [0, 0.05) is 21.9 Å². The fraction of sp³-hybridized carbons (Fsp3) is 0.158. The lowest BCUT2D eigenvalue weighted by Gasteiger charge is -2.03. The second-order valence-electron chi connectivity index (χ2n) is 5.47. The minimum Gasteiger partial charge on any atom is -0.302 e. The van der Waals surface area contributed by atoms with Crippen molar-refractivity contribution in [2.75, 3.05) is 5.32 Å². The number of rotatable bonds is 5. The molecule has 3 aromatic rings. The normalized spacial score (nSPS) is 10.6. The fourth-order valence-corrected chi connectivity index (χ4v) is 3.51. The van der Waals surface area contributed by atoms with Crippen LogP contribution in [0.15, 0.2) is 54.6 Å². The summed E-state index contributed by atoms with van der Waals surface area (Å²) in [5, 5.41) is 4.23. The standard InChI is InChI=1S/C19H17ClN2OS/c1-13-18(15-7-3-2-4-8-15)22-19(24-13)21-17(23)11-10-14-6-5-9-16(20)12-14/h2-9,12H,10-11H2,1H3,(H,21,22,23). The predicted octanol–water partition coefficient (Wildman–Crippen LogP) is 5.34. The molecule has 0 spiro atoms. The van der Waals surface area contributed by atoms with Crippen LogP contribution in [-0.2, 0) is 11.2 Å². The van der Waals surface area contributed by atoms with Crippen molar-refractivity contribution >= 4 is 34.0 Å². The number of nitrogens with zero attached hydrogens (tertiary/aromatic N) is 1. The highest BCUT2D eigenvalue weighted by Crippen LogP contribution is 2.30. The lowest BCUT2D eigenvalue weighted by molar-refractivity contribution is -0.116. The Kier molecular flexibility index (Phi) is 5.28. The lowest BCUT2D eigenvalue weighted by atomic mass is 10.1. The number of hydrogen-bond acceptors (Lipinski definition) is 3. The van der Waals surface area contributed by atoms with Crippen molar-refractivity contribution < 1.29 is 4.79 Å². The third kappa shape index (κ3) is 4.22. The van der Waals surface area contributed by atoms with Crippen LogP contribution in [-0.4, -0.2) is 10.9 Å². The van der Waals surface area contributed by atoms with Crippen LogP contribution in [0.4, 0.5) is 5.13 Å². The molecule has 1 heterocycles. The van der Waals surface area contributed by atoms with Gasteiger partial charge in [0.05, 0.1) is 5.69 Å². The van der Waals surface area contributed by atoms with Gasteiger partial charge in [0.1, 0.15) is 0 Å². The van der Waals surface area contributed by atoms with Gasteiger partial charge in [0.15, 0.2) is 5.13 Å². The first-order chi connectivity index (χ1) is 11.6. The van der Waals surface area contributed by atoms with Crippen molar-refractivity contribution in [2.45, 2.75) is 19.8 Å². The second-order valence-corrected chi connectivity index (χ2v) is 7.11. The van der Waals surface area contributed by atoms with Crippen LogP contribution in [0.25, 0.3) is 11.3 Å². The van der Waals surface area contributed by atoms with Crippen LogP contribution in [0.5, 0.6) is 0 Å². The molecule has 24 heavy (non-hydrogen) atoms. The molecule has 0 aliphatic rings. The summed E-state index contributed by atoms with van der Waals surface area (Å²) in [6.07, 6.45) is 1.06. The summed E-state index contributed by atoms with van der Waals surface area (Å²) in [4.78, 5) is 17.8. The first-order valence-electron chi connectivity index (χ1n) is 7.69. The van der Waals surface area contributed by atoms with Gasteiger partial charge in [-0.25, -0.2) is 4.98 Å². The average molecular weight is 357 g/mol. The van der Waals surface area contributed by atoms with E-state index in [0.717, 1.165) is 21.7 Å². The number of hydrogen-bond donors (Lipinski definition) is 1. The highest BCUT2D eigenvalue weighted by Gasteiger charge is 2.12. The van der Waals surface area contributed by atoms with E-state index in [0.29, 0.717) is 23.0 Å². The molecule has 0 bridgehead atoms. The molecule has 122 valence electrons. The summed E-state index contributed by atoms with van der Waals surface area (Å²) in [7, 11) is 0. The summed E-state index contributed by atoms with van der Waals surface area (Å²) in [5.74, 6) is -0.0386. The largest absolute Gasteiger partial charge is 0.302 e. The fourth-order valence-electron chi connectivity index (χ4n) is 2.45. The van der Waals surface area contributed by atoms with Gasteiger partial charge in [-0.15, -0.1) is 11.3 Å². The van der Waals surface area contributed by atoms with Crippen LogP contribution >= 0.6 is 22.9 Å². The number of nitrogens with one attached hydrogen (secondary N) is 1. The Morgan fingerprint density at radius 2 is 1.96 bits per heavy atom. The van der Waals surface area contributed by atoms with E-state index in [1.807, 2.05) is 61.5 Å². The van der Waals surface area contributed by atoms with Crippen molar-refractivity contribution in [1.29, 1.82) is 0 Å². The minimum absolute atomic E-state index is 0.0386. The molecule has 0 fully saturated rings. The SMILES string of the molecule is Cc1sc(NC(=O)CCc2cccc(Cl)c2)nc1-c1ccccc1. The number of aromatic nitrogens is 1. The molecule has 0 unspecified atom stereocenters. The van der Waals surface area contributed by atoms with Crippen molar-refractivity contribution in [3.05, 3.63) is 70.1 Å². The highest BCUT2D eigenvalue weighted by molar-refractivity contribution is 7.16. The van der Waals surface area contributed by atoms with E-state index >= 15 is 0 Å². The van der Waals surface area contributed by atoms with Gasteiger partial charge in [0.25, 0.3) is 0 Å². The lowest BCUT2D eigenvalue weighted by Crippen LogP contribution is -2.12. The zero-order chi connectivity index (χ0) is 16.9. The quantitative estimate of drug-likeness (QED) is 0.670. The van der Waals surface area contributed by atoms with Crippen LogP contribution < -0.4 is 5.32 Å². The van der Waals surface area contributed by atoms with Gasteiger partial charge in [-0.1, -0.05) is 54.1 Å². The molecule has 3 rings (SSSR count). The number of halogens is 1. The molecule has 0 saturated carbocycles. The number of amides is 1. The highest BCUT2D eigenvalue weighted by atomic mass is 35.5. The molecule has 1 aromatic heterocycles. The van der Waals surface area contributed by atoms with Crippen molar-refractivity contribution in [1.82, 2.24) is 4.98 Å². The van der Waals surface area contributed by atoms with Crippen LogP contribution in [0, 0.1) is 6.92 Å². The van der Waals surface area contributed by atoms with E-state index < -0.39 is 0 Å². The summed E-state index contributed by atoms with van der Waals surface area (Å²) in [6, 6.07) is 17.6. The zero-order valence-corrected chi connectivity index (χ0v) is 14.8. The van der Waals surface area contributed by atoms with E-state index in [4.69, 9.17) is 11.6 Å². The first kappa shape index (κ1) is 16.7. The molecule has 0 atom stereocenters. The number of carbonyl (C=O) groups excluding carboxylic acids is 1. The maximum Gasteiger partial charge on any atom is 0.226 e. The Labute approximate surface area is 150 Å². The van der Waals surface area contributed by atoms with E-state index in [2.05, 4.69) is 10.3 Å². The van der Waals surface area contributed by atoms with Crippen LogP contribution in [0.3, 0.4) is 0 Å². The summed E-state index contributed by atoms with van der Waals surface area (Å²) in [5.41, 5.74) is 3.04. The third-order valence-corrected chi connectivity index (χ3v) is 4.74. The van der Waals surface area contributed by atoms with Crippen molar-refractivity contribution in [3.63, 3.8) is 0 Å². The summed E-state index contributed by atoms with van der Waals surface area (Å²) in [6.45, 7) is 2.02. The van der Waals surface area contributed by atoms with Gasteiger partial charge in [-0.05, 0) is 31.0 Å². The van der Waals surface area contributed by atoms with E-state index in [9.17, 15) is 4.79 Å². The maximum atomic E-state index is 12.2. The molecule has 0 radical (unpaired) electrons. The van der Waals surface area contributed by atoms with E-state index in [1.165, 1.54) is 11.3 Å². The molecular weight excluding hydrogens is 340 g/mol. The molecule has 3 nitrogen and oxygen atoms in total. The van der Waals surface area contributed by atoms with Gasteiger partial charge >= 0.3 is 0 Å². The van der Waals surface area contributed by atoms with Gasteiger partial charge in [-0.2, -0.15) is 0 Å². The van der Waals surface area contributed by atoms with Crippen LogP contribution in [0.2, 0.25) is 5.02 Å². The average Bonchev–Trinajstić information content (AvgIpc) is 2.94. The Morgan fingerprint density at radius 3 is 2.71 bits per heavy atom. The number of thiazole rings is 1. The molecule has 5 heteroatoms. The molecule has 1 N–H and O–H groups in total. The number of benzene rings is 2. The molecule has 2 aromatic carbocycles. The second kappa shape index (κ2) is 7.60. The van der Waals surface area contributed by atoms with Crippen molar-refractivity contribution in [3.8, 4) is 11.3 Å². The molecule has 1 amide bonds. The number of anilines is 1. The topological polar surface area (TPSA) is 42.0 Å². The van der Waals surface area contributed by atoms with Gasteiger partial charge < -0.3 is 5.32 Å². The zero-order valence-electron chi connectivity index (χ0n) is 13.3. The smallest absolute Gasteiger partial charge is 0.226 e.